The van der Waals surface area contributed by atoms with Gasteiger partial charge in [-0.15, -0.1) is 0 Å². The van der Waals surface area contributed by atoms with E-state index >= 15 is 0 Å². The third-order valence-corrected chi connectivity index (χ3v) is 4.82. The molecule has 0 aliphatic rings. The molecule has 2 rings (SSSR count). The van der Waals surface area contributed by atoms with E-state index in [4.69, 9.17) is 11.1 Å². The minimum absolute atomic E-state index is 0.185. The van der Waals surface area contributed by atoms with Gasteiger partial charge in [-0.2, -0.15) is 4.72 Å². The first kappa shape index (κ1) is 14.5. The Morgan fingerprint density at radius 3 is 2.40 bits per heavy atom. The molecule has 0 atom stereocenters. The minimum atomic E-state index is -3.76. The first-order chi connectivity index (χ1) is 9.24. The molecule has 6 heteroatoms. The second kappa shape index (κ2) is 4.88. The van der Waals surface area contributed by atoms with Crippen LogP contribution in [0.5, 0.6) is 0 Å². The fourth-order valence-corrected chi connectivity index (χ4v) is 3.50. The van der Waals surface area contributed by atoms with Crippen molar-refractivity contribution in [1.29, 1.82) is 5.41 Å². The topological polar surface area (TPSA) is 96.0 Å². The molecule has 4 N–H and O–H groups in total. The molecule has 0 spiro atoms. The Balaban J connectivity index is 2.56. The maximum Gasteiger partial charge on any atom is 0.242 e. The predicted octanol–water partition coefficient (Wildman–Crippen LogP) is 1.83. The molecule has 0 bridgehead atoms. The maximum absolute atomic E-state index is 12.5. The largest absolute Gasteiger partial charge is 0.386 e. The fourth-order valence-electron chi connectivity index (χ4n) is 1.88. The Hall–Kier alpha value is -1.92. The smallest absolute Gasteiger partial charge is 0.242 e. The molecule has 0 unspecified atom stereocenters. The summed E-state index contributed by atoms with van der Waals surface area (Å²) in [6.07, 6.45) is 0. The monoisotopic (exact) mass is 291 g/mol. The lowest BCUT2D eigenvalue weighted by Crippen LogP contribution is -2.52. The number of rotatable bonds is 4. The summed E-state index contributed by atoms with van der Waals surface area (Å²) in [6.45, 7) is 3.11. The quantitative estimate of drug-likeness (QED) is 0.592. The van der Waals surface area contributed by atoms with Crippen LogP contribution in [-0.4, -0.2) is 19.8 Å². The molecule has 2 aromatic rings. The second-order valence-electron chi connectivity index (χ2n) is 5.12. The standard InChI is InChI=1S/C14H17N3O2S/c1-14(2,13(15)16)17-20(18,19)12-9-5-7-10-6-3-4-8-11(10)12/h3-9,17H,1-2H3,(H3,15,16). The van der Waals surface area contributed by atoms with Crippen molar-refractivity contribution in [2.45, 2.75) is 24.3 Å². The number of fused-ring (bicyclic) bond motifs is 1. The molecule has 0 heterocycles. The minimum Gasteiger partial charge on any atom is -0.386 e. The van der Waals surface area contributed by atoms with Crippen molar-refractivity contribution in [3.8, 4) is 0 Å². The number of hydrogen-bond donors (Lipinski definition) is 3. The Kier molecular flexibility index (Phi) is 3.54. The molecule has 0 radical (unpaired) electrons. The molecular formula is C14H17N3O2S. The van der Waals surface area contributed by atoms with Crippen LogP contribution in [0.1, 0.15) is 13.8 Å². The molecule has 0 saturated carbocycles. The lowest BCUT2D eigenvalue weighted by Gasteiger charge is -2.24. The zero-order valence-electron chi connectivity index (χ0n) is 11.3. The van der Waals surface area contributed by atoms with Gasteiger partial charge in [-0.3, -0.25) is 5.41 Å². The molecule has 0 aliphatic heterocycles. The van der Waals surface area contributed by atoms with Crippen LogP contribution < -0.4 is 10.5 Å². The zero-order valence-corrected chi connectivity index (χ0v) is 12.2. The van der Waals surface area contributed by atoms with Crippen LogP contribution >= 0.6 is 0 Å². The van der Waals surface area contributed by atoms with E-state index in [0.29, 0.717) is 5.39 Å². The van der Waals surface area contributed by atoms with Crippen molar-refractivity contribution in [1.82, 2.24) is 4.72 Å². The van der Waals surface area contributed by atoms with Gasteiger partial charge in [-0.05, 0) is 25.3 Å². The van der Waals surface area contributed by atoms with Crippen molar-refractivity contribution in [2.75, 3.05) is 0 Å². The van der Waals surface area contributed by atoms with Crippen molar-refractivity contribution >= 4 is 26.6 Å². The summed E-state index contributed by atoms with van der Waals surface area (Å²) >= 11 is 0. The Morgan fingerprint density at radius 1 is 1.15 bits per heavy atom. The first-order valence-corrected chi connectivity index (χ1v) is 7.58. The fraction of sp³-hybridized carbons (Fsp3) is 0.214. The van der Waals surface area contributed by atoms with E-state index in [0.717, 1.165) is 5.39 Å². The van der Waals surface area contributed by atoms with E-state index in [9.17, 15) is 8.42 Å². The molecule has 0 aliphatic carbocycles. The van der Waals surface area contributed by atoms with E-state index < -0.39 is 15.6 Å². The average Bonchev–Trinajstić information content (AvgIpc) is 2.36. The van der Waals surface area contributed by atoms with Crippen LogP contribution in [0, 0.1) is 5.41 Å². The van der Waals surface area contributed by atoms with E-state index in [1.165, 1.54) is 0 Å². The second-order valence-corrected chi connectivity index (χ2v) is 6.77. The van der Waals surface area contributed by atoms with Crippen LogP contribution in [0.25, 0.3) is 10.8 Å². The molecular weight excluding hydrogens is 274 g/mol. The Morgan fingerprint density at radius 2 is 1.75 bits per heavy atom. The molecule has 106 valence electrons. The van der Waals surface area contributed by atoms with E-state index in [1.54, 1.807) is 38.1 Å². The van der Waals surface area contributed by atoms with Gasteiger partial charge in [0.05, 0.1) is 10.4 Å². The van der Waals surface area contributed by atoms with Gasteiger partial charge >= 0.3 is 0 Å². The van der Waals surface area contributed by atoms with Crippen LogP contribution in [0.4, 0.5) is 0 Å². The third-order valence-electron chi connectivity index (χ3n) is 3.10. The number of nitrogens with one attached hydrogen (secondary N) is 2. The van der Waals surface area contributed by atoms with Gasteiger partial charge in [-0.1, -0.05) is 36.4 Å². The number of benzene rings is 2. The van der Waals surface area contributed by atoms with Crippen molar-refractivity contribution in [3.05, 3.63) is 42.5 Å². The lowest BCUT2D eigenvalue weighted by molar-refractivity contribution is 0.543. The van der Waals surface area contributed by atoms with E-state index in [1.807, 2.05) is 18.2 Å². The molecule has 0 fully saturated rings. The highest BCUT2D eigenvalue weighted by molar-refractivity contribution is 7.89. The van der Waals surface area contributed by atoms with Gasteiger partial charge in [0.25, 0.3) is 0 Å². The zero-order chi connectivity index (χ0) is 15.0. The summed E-state index contributed by atoms with van der Waals surface area (Å²) in [5.41, 5.74) is 4.30. The van der Waals surface area contributed by atoms with E-state index in [-0.39, 0.29) is 10.7 Å². The predicted molar refractivity (Wildman–Crippen MR) is 80.3 cm³/mol. The number of sulfonamides is 1. The number of nitrogens with two attached hydrogens (primary N) is 1. The Bertz CT molecular complexity index is 762. The molecule has 0 aromatic heterocycles. The number of amidine groups is 1. The maximum atomic E-state index is 12.5. The SMILES string of the molecule is CC(C)(NS(=O)(=O)c1cccc2ccccc12)C(=N)N. The summed E-state index contributed by atoms with van der Waals surface area (Å²) in [6, 6.07) is 12.3. The highest BCUT2D eigenvalue weighted by atomic mass is 32.2. The van der Waals surface area contributed by atoms with Crippen LogP contribution in [-0.2, 0) is 10.0 Å². The van der Waals surface area contributed by atoms with Gasteiger partial charge < -0.3 is 5.73 Å². The summed E-state index contributed by atoms with van der Waals surface area (Å²) in [7, 11) is -3.76. The van der Waals surface area contributed by atoms with Gasteiger partial charge in [0.2, 0.25) is 10.0 Å². The molecule has 0 amide bonds. The van der Waals surface area contributed by atoms with Gasteiger partial charge in [0.15, 0.2) is 0 Å². The highest BCUT2D eigenvalue weighted by Gasteiger charge is 2.29. The highest BCUT2D eigenvalue weighted by Crippen LogP contribution is 2.23. The number of hydrogen-bond acceptors (Lipinski definition) is 3. The summed E-state index contributed by atoms with van der Waals surface area (Å²) in [4.78, 5) is 0.185. The van der Waals surface area contributed by atoms with Crippen LogP contribution in [0.2, 0.25) is 0 Å². The van der Waals surface area contributed by atoms with Gasteiger partial charge in [0.1, 0.15) is 5.84 Å². The van der Waals surface area contributed by atoms with Crippen LogP contribution in [0.15, 0.2) is 47.4 Å². The summed E-state index contributed by atoms with van der Waals surface area (Å²) in [5, 5.41) is 8.94. The normalized spacial score (nSPS) is 12.5. The average molecular weight is 291 g/mol. The summed E-state index contributed by atoms with van der Waals surface area (Å²) in [5.74, 6) is -0.235. The van der Waals surface area contributed by atoms with Crippen molar-refractivity contribution in [3.63, 3.8) is 0 Å². The third kappa shape index (κ3) is 2.66. The van der Waals surface area contributed by atoms with Crippen LogP contribution in [0.3, 0.4) is 0 Å². The lowest BCUT2D eigenvalue weighted by atomic mass is 10.1. The Labute approximate surface area is 118 Å². The van der Waals surface area contributed by atoms with Crippen molar-refractivity contribution in [2.24, 2.45) is 5.73 Å². The molecule has 5 nitrogen and oxygen atoms in total. The van der Waals surface area contributed by atoms with Crippen molar-refractivity contribution < 1.29 is 8.42 Å². The van der Waals surface area contributed by atoms with E-state index in [2.05, 4.69) is 4.72 Å². The first-order valence-electron chi connectivity index (χ1n) is 6.10. The molecule has 20 heavy (non-hydrogen) atoms. The summed E-state index contributed by atoms with van der Waals surface area (Å²) < 4.78 is 27.5. The van der Waals surface area contributed by atoms with Gasteiger partial charge in [0, 0.05) is 5.39 Å². The molecule has 0 saturated heterocycles. The molecule has 2 aromatic carbocycles. The van der Waals surface area contributed by atoms with Gasteiger partial charge in [-0.25, -0.2) is 8.42 Å².